The summed E-state index contributed by atoms with van der Waals surface area (Å²) in [4.78, 5) is 19.6. The first-order chi connectivity index (χ1) is 14.5. The lowest BCUT2D eigenvalue weighted by molar-refractivity contribution is -0.137. The first-order valence-corrected chi connectivity index (χ1v) is 10.1. The number of hydrogen-bond acceptors (Lipinski definition) is 7. The first-order valence-electron chi connectivity index (χ1n) is 10.1. The Morgan fingerprint density at radius 2 is 2.17 bits per heavy atom. The van der Waals surface area contributed by atoms with E-state index in [-0.39, 0.29) is 17.9 Å². The Kier molecular flexibility index (Phi) is 5.42. The number of aliphatic imine (C=N–C) groups is 1. The molecule has 7 heteroatoms. The molecule has 30 heavy (non-hydrogen) atoms. The Morgan fingerprint density at radius 3 is 2.83 bits per heavy atom. The molecule has 1 N–H and O–H groups in total. The molecule has 3 heterocycles. The molecular weight excluding hydrogens is 384 g/mol. The van der Waals surface area contributed by atoms with Crippen molar-refractivity contribution in [2.75, 3.05) is 34.4 Å². The molecule has 4 rings (SSSR count). The van der Waals surface area contributed by atoms with Crippen LogP contribution in [0.25, 0.3) is 0 Å². The number of ether oxygens (including phenoxy) is 3. The third-order valence-corrected chi connectivity index (χ3v) is 6.63. The Bertz CT molecular complexity index is 924. The SMILES string of the molecule is C=C[C@H]1CN2CC[C@]3(O)C(=Nc4cccc(OC)c43)[C@H]2C[C@@H]1/C(=C\OC)C(=O)OC. The monoisotopic (exact) mass is 412 g/mol. The Labute approximate surface area is 176 Å². The first kappa shape index (κ1) is 20.6. The molecule has 0 amide bonds. The summed E-state index contributed by atoms with van der Waals surface area (Å²) in [6.45, 7) is 5.43. The molecule has 7 nitrogen and oxygen atoms in total. The minimum atomic E-state index is -1.16. The van der Waals surface area contributed by atoms with Crippen LogP contribution in [0.1, 0.15) is 18.4 Å². The van der Waals surface area contributed by atoms with Crippen molar-refractivity contribution in [1.29, 1.82) is 0 Å². The fourth-order valence-corrected chi connectivity index (χ4v) is 5.21. The number of hydrogen-bond donors (Lipinski definition) is 1. The van der Waals surface area contributed by atoms with E-state index in [0.29, 0.717) is 24.2 Å². The van der Waals surface area contributed by atoms with Crippen molar-refractivity contribution < 1.29 is 24.1 Å². The third kappa shape index (κ3) is 3.04. The normalized spacial score (nSPS) is 30.5. The van der Waals surface area contributed by atoms with Gasteiger partial charge in [-0.1, -0.05) is 12.1 Å². The average molecular weight is 412 g/mol. The van der Waals surface area contributed by atoms with Crippen molar-refractivity contribution in [3.05, 3.63) is 48.3 Å². The predicted molar refractivity (Wildman–Crippen MR) is 113 cm³/mol. The molecule has 1 aromatic carbocycles. The maximum atomic E-state index is 12.5. The van der Waals surface area contributed by atoms with E-state index < -0.39 is 11.6 Å². The van der Waals surface area contributed by atoms with Gasteiger partial charge in [0.1, 0.15) is 11.4 Å². The zero-order valence-electron chi connectivity index (χ0n) is 17.6. The zero-order chi connectivity index (χ0) is 21.5. The van der Waals surface area contributed by atoms with Crippen LogP contribution in [0, 0.1) is 11.8 Å². The maximum absolute atomic E-state index is 12.5. The van der Waals surface area contributed by atoms with E-state index in [4.69, 9.17) is 19.2 Å². The highest BCUT2D eigenvalue weighted by Crippen LogP contribution is 2.51. The number of aliphatic hydroxyl groups is 1. The number of nitrogens with zero attached hydrogens (tertiary/aromatic N) is 2. The lowest BCUT2D eigenvalue weighted by Gasteiger charge is -2.49. The number of piperidine rings is 2. The van der Waals surface area contributed by atoms with E-state index in [2.05, 4.69) is 11.5 Å². The number of benzene rings is 1. The van der Waals surface area contributed by atoms with E-state index in [1.54, 1.807) is 7.11 Å². The Balaban J connectivity index is 1.73. The molecule has 0 aromatic heterocycles. The van der Waals surface area contributed by atoms with Crippen LogP contribution in [-0.2, 0) is 19.9 Å². The average Bonchev–Trinajstić information content (AvgIpc) is 3.09. The summed E-state index contributed by atoms with van der Waals surface area (Å²) < 4.78 is 15.7. The smallest absolute Gasteiger partial charge is 0.337 e. The highest BCUT2D eigenvalue weighted by Gasteiger charge is 2.54. The summed E-state index contributed by atoms with van der Waals surface area (Å²) in [5, 5.41) is 11.7. The number of fused-ring (bicyclic) bond motifs is 5. The van der Waals surface area contributed by atoms with Crippen LogP contribution in [-0.4, -0.2) is 62.1 Å². The van der Waals surface area contributed by atoms with Crippen molar-refractivity contribution in [3.8, 4) is 5.75 Å². The lowest BCUT2D eigenvalue weighted by Crippen LogP contribution is -2.60. The standard InChI is InChI=1S/C23H28N2O5/c1-5-14-12-25-10-9-23(27)20-17(7-6-8-19(20)29-3)24-21(23)18(25)11-15(14)16(13-28-2)22(26)30-4/h5-8,13-15,18,27H,1,9-12H2,2-4H3/b16-13+/t14-,15-,18+,23+/m0/s1. The van der Waals surface area contributed by atoms with Gasteiger partial charge in [0, 0.05) is 19.0 Å². The van der Waals surface area contributed by atoms with Gasteiger partial charge in [-0.25, -0.2) is 4.79 Å². The van der Waals surface area contributed by atoms with Crippen LogP contribution in [0.15, 0.2) is 47.7 Å². The highest BCUT2D eigenvalue weighted by molar-refractivity contribution is 6.05. The number of methoxy groups -OCH3 is 3. The van der Waals surface area contributed by atoms with E-state index in [9.17, 15) is 9.90 Å². The summed E-state index contributed by atoms with van der Waals surface area (Å²) >= 11 is 0. The second kappa shape index (κ2) is 7.89. The number of esters is 1. The zero-order valence-corrected chi connectivity index (χ0v) is 17.6. The molecule has 0 spiro atoms. The molecular formula is C23H28N2O5. The minimum Gasteiger partial charge on any atom is -0.504 e. The fourth-order valence-electron chi connectivity index (χ4n) is 5.21. The molecule has 3 aliphatic rings. The lowest BCUT2D eigenvalue weighted by atomic mass is 9.71. The van der Waals surface area contributed by atoms with Gasteiger partial charge < -0.3 is 19.3 Å². The summed E-state index contributed by atoms with van der Waals surface area (Å²) in [6, 6.07) is 5.54. The van der Waals surface area contributed by atoms with Crippen LogP contribution in [0.4, 0.5) is 5.69 Å². The van der Waals surface area contributed by atoms with Crippen molar-refractivity contribution in [2.45, 2.75) is 24.5 Å². The summed E-state index contributed by atoms with van der Waals surface area (Å²) in [5.74, 6) is 0.151. The van der Waals surface area contributed by atoms with Gasteiger partial charge in [0.15, 0.2) is 0 Å². The van der Waals surface area contributed by atoms with Crippen molar-refractivity contribution >= 4 is 17.4 Å². The quantitative estimate of drug-likeness (QED) is 0.347. The predicted octanol–water partition coefficient (Wildman–Crippen LogP) is 2.57. The third-order valence-electron chi connectivity index (χ3n) is 6.63. The summed E-state index contributed by atoms with van der Waals surface area (Å²) in [6.07, 6.45) is 4.51. The van der Waals surface area contributed by atoms with Gasteiger partial charge in [0.2, 0.25) is 0 Å². The molecule has 0 radical (unpaired) electrons. The number of carbonyl (C=O) groups excluding carboxylic acids is 1. The van der Waals surface area contributed by atoms with E-state index in [1.807, 2.05) is 24.3 Å². The van der Waals surface area contributed by atoms with Gasteiger partial charge in [0.25, 0.3) is 0 Å². The molecule has 2 saturated heterocycles. The fraction of sp³-hybridized carbons (Fsp3) is 0.478. The van der Waals surface area contributed by atoms with Gasteiger partial charge in [-0.05, 0) is 30.9 Å². The number of carbonyl (C=O) groups is 1. The van der Waals surface area contributed by atoms with Crippen LogP contribution in [0.2, 0.25) is 0 Å². The largest absolute Gasteiger partial charge is 0.504 e. The van der Waals surface area contributed by atoms with Gasteiger partial charge in [-0.15, -0.1) is 6.58 Å². The van der Waals surface area contributed by atoms with Crippen molar-refractivity contribution in [3.63, 3.8) is 0 Å². The molecule has 160 valence electrons. The van der Waals surface area contributed by atoms with E-state index in [0.717, 1.165) is 30.1 Å². The maximum Gasteiger partial charge on any atom is 0.337 e. The molecule has 1 aromatic rings. The topological polar surface area (TPSA) is 80.6 Å². The molecule has 0 saturated carbocycles. The number of rotatable bonds is 5. The summed E-state index contributed by atoms with van der Waals surface area (Å²) in [7, 11) is 4.49. The summed E-state index contributed by atoms with van der Waals surface area (Å²) in [5.41, 5.74) is 1.53. The van der Waals surface area contributed by atoms with Crippen molar-refractivity contribution in [2.24, 2.45) is 16.8 Å². The molecule has 2 fully saturated rings. The van der Waals surface area contributed by atoms with Gasteiger partial charge >= 0.3 is 5.97 Å². The molecule has 0 bridgehead atoms. The van der Waals surface area contributed by atoms with E-state index >= 15 is 0 Å². The van der Waals surface area contributed by atoms with Crippen LogP contribution >= 0.6 is 0 Å². The van der Waals surface area contributed by atoms with Crippen LogP contribution in [0.3, 0.4) is 0 Å². The molecule has 0 unspecified atom stereocenters. The highest BCUT2D eigenvalue weighted by atomic mass is 16.5. The van der Waals surface area contributed by atoms with E-state index in [1.165, 1.54) is 20.5 Å². The van der Waals surface area contributed by atoms with Crippen molar-refractivity contribution in [1.82, 2.24) is 4.90 Å². The minimum absolute atomic E-state index is 0.0619. The Hall–Kier alpha value is -2.64. The molecule has 3 aliphatic heterocycles. The molecule has 4 atom stereocenters. The second-order valence-corrected chi connectivity index (χ2v) is 8.01. The molecule has 0 aliphatic carbocycles. The van der Waals surface area contributed by atoms with Gasteiger partial charge in [-0.2, -0.15) is 0 Å². The second-order valence-electron chi connectivity index (χ2n) is 8.01. The van der Waals surface area contributed by atoms with Crippen LogP contribution < -0.4 is 4.74 Å². The van der Waals surface area contributed by atoms with Gasteiger partial charge in [-0.3, -0.25) is 9.89 Å². The van der Waals surface area contributed by atoms with Crippen LogP contribution in [0.5, 0.6) is 5.75 Å². The van der Waals surface area contributed by atoms with Gasteiger partial charge in [0.05, 0.1) is 56.2 Å². The Morgan fingerprint density at radius 1 is 1.37 bits per heavy atom.